The summed E-state index contributed by atoms with van der Waals surface area (Å²) in [6, 6.07) is 16.4. The number of urea groups is 1. The number of hydrogen-bond acceptors (Lipinski definition) is 4. The number of aromatic nitrogens is 2. The lowest BCUT2D eigenvalue weighted by molar-refractivity contribution is -0.117. The molecule has 0 saturated carbocycles. The van der Waals surface area contributed by atoms with E-state index in [4.69, 9.17) is 9.84 Å². The van der Waals surface area contributed by atoms with E-state index in [2.05, 4.69) is 31.4 Å². The third kappa shape index (κ3) is 6.44. The van der Waals surface area contributed by atoms with Gasteiger partial charge in [0.2, 0.25) is 5.91 Å². The van der Waals surface area contributed by atoms with Crippen LogP contribution < -0.4 is 15.4 Å². The molecule has 0 radical (unpaired) electrons. The van der Waals surface area contributed by atoms with E-state index in [1.807, 2.05) is 70.2 Å². The molecule has 2 aromatic carbocycles. The fourth-order valence-corrected chi connectivity index (χ4v) is 3.69. The first kappa shape index (κ1) is 26.8. The molecule has 0 saturated heterocycles. The molecule has 0 unspecified atom stereocenters. The van der Waals surface area contributed by atoms with Crippen molar-refractivity contribution in [3.63, 3.8) is 0 Å². The van der Waals surface area contributed by atoms with E-state index in [1.54, 1.807) is 16.8 Å². The lowest BCUT2D eigenvalue weighted by Crippen LogP contribution is -2.44. The number of benzene rings is 2. The number of hydrogen-bond donors (Lipinski definition) is 2. The Morgan fingerprint density at radius 2 is 1.72 bits per heavy atom. The third-order valence-electron chi connectivity index (χ3n) is 5.72. The maximum Gasteiger partial charge on any atom is 0.322 e. The van der Waals surface area contributed by atoms with Gasteiger partial charge in [-0.1, -0.05) is 51.1 Å². The second kappa shape index (κ2) is 11.3. The molecular weight excluding hydrogens is 454 g/mol. The summed E-state index contributed by atoms with van der Waals surface area (Å²) in [4.78, 5) is 27.8. The van der Waals surface area contributed by atoms with Crippen LogP contribution in [0.2, 0.25) is 0 Å². The van der Waals surface area contributed by atoms with Crippen LogP contribution in [-0.4, -0.2) is 45.8 Å². The zero-order valence-corrected chi connectivity index (χ0v) is 22.3. The second-order valence-corrected chi connectivity index (χ2v) is 9.99. The van der Waals surface area contributed by atoms with Gasteiger partial charge in [-0.2, -0.15) is 5.10 Å². The van der Waals surface area contributed by atoms with Crippen molar-refractivity contribution in [3.8, 4) is 11.4 Å². The number of rotatable bonds is 8. The average Bonchev–Trinajstić information content (AvgIpc) is 3.23. The van der Waals surface area contributed by atoms with Crippen LogP contribution in [-0.2, 0) is 10.2 Å². The molecule has 8 heteroatoms. The molecule has 3 aromatic rings. The number of anilines is 2. The van der Waals surface area contributed by atoms with Gasteiger partial charge in [-0.25, -0.2) is 9.48 Å². The molecule has 1 aromatic heterocycles. The average molecular weight is 492 g/mol. The Bertz CT molecular complexity index is 1210. The van der Waals surface area contributed by atoms with Crippen molar-refractivity contribution in [3.05, 3.63) is 65.9 Å². The SMILES string of the molecule is CCOc1ccccc1NC(=O)N(CC(=O)Nc1cc(C(C)(C)C)nn1-c1ccccc1C)C(C)C. The summed E-state index contributed by atoms with van der Waals surface area (Å²) in [6.07, 6.45) is 0. The first-order chi connectivity index (χ1) is 17.0. The molecule has 8 nitrogen and oxygen atoms in total. The summed E-state index contributed by atoms with van der Waals surface area (Å²) in [5.74, 6) is 0.829. The molecule has 36 heavy (non-hydrogen) atoms. The minimum absolute atomic E-state index is 0.121. The Morgan fingerprint density at radius 1 is 1.06 bits per heavy atom. The first-order valence-corrected chi connectivity index (χ1v) is 12.3. The van der Waals surface area contributed by atoms with Crippen molar-refractivity contribution in [2.24, 2.45) is 0 Å². The quantitative estimate of drug-likeness (QED) is 0.419. The first-order valence-electron chi connectivity index (χ1n) is 12.3. The van der Waals surface area contributed by atoms with Gasteiger partial charge in [-0.05, 0) is 51.5 Å². The molecule has 0 fully saturated rings. The molecule has 0 aliphatic heterocycles. The highest BCUT2D eigenvalue weighted by atomic mass is 16.5. The van der Waals surface area contributed by atoms with Crippen molar-refractivity contribution in [2.45, 2.75) is 59.9 Å². The highest BCUT2D eigenvalue weighted by molar-refractivity contribution is 5.97. The summed E-state index contributed by atoms with van der Waals surface area (Å²) in [5.41, 5.74) is 3.13. The van der Waals surface area contributed by atoms with Gasteiger partial charge < -0.3 is 20.3 Å². The minimum Gasteiger partial charge on any atom is -0.492 e. The zero-order valence-electron chi connectivity index (χ0n) is 22.3. The van der Waals surface area contributed by atoms with Gasteiger partial charge in [0, 0.05) is 17.5 Å². The number of nitrogens with one attached hydrogen (secondary N) is 2. The summed E-state index contributed by atoms with van der Waals surface area (Å²) in [7, 11) is 0. The minimum atomic E-state index is -0.380. The maximum atomic E-state index is 13.2. The van der Waals surface area contributed by atoms with Crippen LogP contribution in [0.1, 0.15) is 52.8 Å². The van der Waals surface area contributed by atoms with Gasteiger partial charge in [0.25, 0.3) is 0 Å². The Kier molecular flexibility index (Phi) is 8.40. The normalized spacial score (nSPS) is 11.3. The van der Waals surface area contributed by atoms with E-state index >= 15 is 0 Å². The molecule has 1 heterocycles. The molecule has 0 aliphatic carbocycles. The number of ether oxygens (including phenoxy) is 1. The van der Waals surface area contributed by atoms with Crippen molar-refractivity contribution in [1.82, 2.24) is 14.7 Å². The van der Waals surface area contributed by atoms with Crippen LogP contribution in [0.15, 0.2) is 54.6 Å². The predicted octanol–water partition coefficient (Wildman–Crippen LogP) is 5.76. The monoisotopic (exact) mass is 491 g/mol. The maximum absolute atomic E-state index is 13.2. The van der Waals surface area contributed by atoms with Gasteiger partial charge >= 0.3 is 6.03 Å². The number of carbonyl (C=O) groups excluding carboxylic acids is 2. The molecule has 0 atom stereocenters. The van der Waals surface area contributed by atoms with E-state index in [1.165, 1.54) is 4.90 Å². The lowest BCUT2D eigenvalue weighted by atomic mass is 9.92. The number of para-hydroxylation sites is 3. The van der Waals surface area contributed by atoms with Gasteiger partial charge in [-0.15, -0.1) is 0 Å². The summed E-state index contributed by atoms with van der Waals surface area (Å²) in [6.45, 7) is 14.2. The Balaban J connectivity index is 1.82. The van der Waals surface area contributed by atoms with Crippen LogP contribution in [0.4, 0.5) is 16.3 Å². The molecule has 0 spiro atoms. The molecular formula is C28H37N5O3. The number of nitrogens with zero attached hydrogens (tertiary/aromatic N) is 3. The molecule has 2 N–H and O–H groups in total. The Morgan fingerprint density at radius 3 is 2.36 bits per heavy atom. The number of aryl methyl sites for hydroxylation is 1. The van der Waals surface area contributed by atoms with E-state index < -0.39 is 0 Å². The van der Waals surface area contributed by atoms with Crippen molar-refractivity contribution in [1.29, 1.82) is 0 Å². The summed E-state index contributed by atoms with van der Waals surface area (Å²) < 4.78 is 7.37. The van der Waals surface area contributed by atoms with Crippen LogP contribution in [0, 0.1) is 6.92 Å². The number of carbonyl (C=O) groups is 2. The van der Waals surface area contributed by atoms with E-state index in [0.717, 1.165) is 16.9 Å². The standard InChI is InChI=1S/C28H37N5O3/c1-8-36-23-16-12-10-14-21(23)29-27(35)32(19(2)3)18-26(34)30-25-17-24(28(5,6)7)31-33(25)22-15-11-9-13-20(22)4/h9-17,19H,8,18H2,1-7H3,(H,29,35)(H,30,34). The smallest absolute Gasteiger partial charge is 0.322 e. The highest BCUT2D eigenvalue weighted by Gasteiger charge is 2.25. The summed E-state index contributed by atoms with van der Waals surface area (Å²) >= 11 is 0. The predicted molar refractivity (Wildman–Crippen MR) is 144 cm³/mol. The van der Waals surface area contributed by atoms with E-state index in [9.17, 15) is 9.59 Å². The molecule has 192 valence electrons. The largest absolute Gasteiger partial charge is 0.492 e. The Hall–Kier alpha value is -3.81. The van der Waals surface area contributed by atoms with Crippen molar-refractivity contribution in [2.75, 3.05) is 23.8 Å². The molecule has 0 aliphatic rings. The van der Waals surface area contributed by atoms with Crippen molar-refractivity contribution < 1.29 is 14.3 Å². The van der Waals surface area contributed by atoms with Crippen molar-refractivity contribution >= 4 is 23.4 Å². The topological polar surface area (TPSA) is 88.5 Å². The highest BCUT2D eigenvalue weighted by Crippen LogP contribution is 2.28. The van der Waals surface area contributed by atoms with Crippen LogP contribution in [0.25, 0.3) is 5.69 Å². The fourth-order valence-electron chi connectivity index (χ4n) is 3.69. The second-order valence-electron chi connectivity index (χ2n) is 9.99. The van der Waals surface area contributed by atoms with Gasteiger partial charge in [0.15, 0.2) is 0 Å². The van der Waals surface area contributed by atoms with Crippen LogP contribution in [0.3, 0.4) is 0 Å². The zero-order chi connectivity index (χ0) is 26.5. The molecule has 0 bridgehead atoms. The van der Waals surface area contributed by atoms with Gasteiger partial charge in [-0.3, -0.25) is 4.79 Å². The van der Waals surface area contributed by atoms with E-state index in [0.29, 0.717) is 23.9 Å². The van der Waals surface area contributed by atoms with E-state index in [-0.39, 0.29) is 29.9 Å². The van der Waals surface area contributed by atoms with Gasteiger partial charge in [0.05, 0.1) is 23.7 Å². The van der Waals surface area contributed by atoms with Crippen LogP contribution >= 0.6 is 0 Å². The molecule has 3 amide bonds. The Labute approximate surface area is 213 Å². The fraction of sp³-hybridized carbons (Fsp3) is 0.393. The summed E-state index contributed by atoms with van der Waals surface area (Å²) in [5, 5.41) is 10.7. The van der Waals surface area contributed by atoms with Crippen LogP contribution in [0.5, 0.6) is 5.75 Å². The van der Waals surface area contributed by atoms with Gasteiger partial charge in [0.1, 0.15) is 18.1 Å². The lowest BCUT2D eigenvalue weighted by Gasteiger charge is -2.27. The third-order valence-corrected chi connectivity index (χ3v) is 5.72. The number of amides is 3. The molecule has 3 rings (SSSR count).